The van der Waals surface area contributed by atoms with Gasteiger partial charge in [-0.3, -0.25) is 14.5 Å². The summed E-state index contributed by atoms with van der Waals surface area (Å²) in [6.07, 6.45) is 8.46. The zero-order valence-electron chi connectivity index (χ0n) is 14.0. The molecule has 1 heterocycles. The van der Waals surface area contributed by atoms with E-state index in [4.69, 9.17) is 0 Å². The lowest BCUT2D eigenvalue weighted by Gasteiger charge is -2.35. The van der Waals surface area contributed by atoms with E-state index in [0.717, 1.165) is 57.3 Å². The van der Waals surface area contributed by atoms with Crippen LogP contribution in [0.2, 0.25) is 0 Å². The van der Waals surface area contributed by atoms with Gasteiger partial charge in [-0.25, -0.2) is 0 Å². The number of amides is 2. The van der Waals surface area contributed by atoms with Crippen molar-refractivity contribution in [2.75, 3.05) is 32.7 Å². The van der Waals surface area contributed by atoms with Crippen LogP contribution in [0.5, 0.6) is 0 Å². The quantitative estimate of drug-likeness (QED) is 0.829. The number of nitrogens with zero attached hydrogens (tertiary/aromatic N) is 2. The second-order valence-electron chi connectivity index (χ2n) is 8.14. The number of carbonyl (C=O) groups excluding carboxylic acids is 2. The Morgan fingerprint density at radius 1 is 0.957 bits per heavy atom. The van der Waals surface area contributed by atoms with Gasteiger partial charge in [0.25, 0.3) is 0 Å². The summed E-state index contributed by atoms with van der Waals surface area (Å²) in [6.45, 7) is 3.73. The Kier molecular flexibility index (Phi) is 4.31. The maximum Gasteiger partial charge on any atom is 0.234 e. The van der Waals surface area contributed by atoms with Gasteiger partial charge in [-0.1, -0.05) is 6.42 Å². The van der Waals surface area contributed by atoms with Crippen molar-refractivity contribution in [3.8, 4) is 0 Å². The van der Waals surface area contributed by atoms with Crippen LogP contribution in [0.25, 0.3) is 0 Å². The summed E-state index contributed by atoms with van der Waals surface area (Å²) in [4.78, 5) is 28.6. The molecule has 0 aromatic heterocycles. The van der Waals surface area contributed by atoms with Crippen molar-refractivity contribution >= 4 is 11.8 Å². The molecule has 0 radical (unpaired) electrons. The van der Waals surface area contributed by atoms with E-state index in [1.165, 1.54) is 25.7 Å². The lowest BCUT2D eigenvalue weighted by atomic mass is 9.86. The molecule has 2 amide bonds. The van der Waals surface area contributed by atoms with Crippen molar-refractivity contribution < 1.29 is 9.59 Å². The molecule has 0 unspecified atom stereocenters. The highest BCUT2D eigenvalue weighted by molar-refractivity contribution is 5.79. The Morgan fingerprint density at radius 3 is 2.35 bits per heavy atom. The molecule has 5 heteroatoms. The number of piperazine rings is 1. The monoisotopic (exact) mass is 319 g/mol. The summed E-state index contributed by atoms with van der Waals surface area (Å²) < 4.78 is 0. The van der Waals surface area contributed by atoms with Crippen molar-refractivity contribution in [1.29, 1.82) is 0 Å². The third-order valence-corrected chi connectivity index (χ3v) is 6.36. The van der Waals surface area contributed by atoms with Crippen molar-refractivity contribution in [2.45, 2.75) is 51.0 Å². The number of rotatable bonds is 5. The standard InChI is InChI=1S/C18H29N3O2/c22-17(19-16-3-4-16)12-20-5-7-21(8-6-20)18(23)11-15-10-13-1-2-14(15)9-13/h13-16H,1-12H2,(H,19,22)/t13-,14-,15+/m0/s1. The SMILES string of the molecule is O=C(CN1CCN(C(=O)C[C@H]2C[C@H]3CC[C@H]2C3)CC1)NC1CC1. The van der Waals surface area contributed by atoms with Crippen LogP contribution < -0.4 is 5.32 Å². The highest BCUT2D eigenvalue weighted by Gasteiger charge is 2.40. The molecule has 5 nitrogen and oxygen atoms in total. The minimum absolute atomic E-state index is 0.147. The Labute approximate surface area is 138 Å². The molecule has 1 saturated heterocycles. The zero-order chi connectivity index (χ0) is 15.8. The Bertz CT molecular complexity index is 469. The fourth-order valence-electron chi connectivity index (χ4n) is 4.84. The first-order valence-corrected chi connectivity index (χ1v) is 9.47. The molecule has 0 aromatic rings. The first kappa shape index (κ1) is 15.4. The molecule has 0 spiro atoms. The average Bonchev–Trinajstić information content (AvgIpc) is 3.10. The molecule has 1 N–H and O–H groups in total. The normalized spacial score (nSPS) is 33.9. The molecule has 4 fully saturated rings. The first-order chi connectivity index (χ1) is 11.2. The van der Waals surface area contributed by atoms with E-state index in [1.807, 2.05) is 4.90 Å². The summed E-state index contributed by atoms with van der Waals surface area (Å²) in [5.74, 6) is 2.90. The molecule has 23 heavy (non-hydrogen) atoms. The summed E-state index contributed by atoms with van der Waals surface area (Å²) >= 11 is 0. The largest absolute Gasteiger partial charge is 0.352 e. The van der Waals surface area contributed by atoms with Crippen molar-refractivity contribution in [3.05, 3.63) is 0 Å². The van der Waals surface area contributed by atoms with Crippen LogP contribution in [-0.4, -0.2) is 60.4 Å². The summed E-state index contributed by atoms with van der Waals surface area (Å²) in [5, 5.41) is 3.04. The number of fused-ring (bicyclic) bond motifs is 2. The van der Waals surface area contributed by atoms with Gasteiger partial charge in [-0.15, -0.1) is 0 Å². The minimum Gasteiger partial charge on any atom is -0.352 e. The van der Waals surface area contributed by atoms with Crippen molar-refractivity contribution in [2.24, 2.45) is 17.8 Å². The van der Waals surface area contributed by atoms with Crippen LogP contribution in [0.4, 0.5) is 0 Å². The molecule has 3 atom stereocenters. The maximum atomic E-state index is 12.5. The maximum absolute atomic E-state index is 12.5. The van der Waals surface area contributed by atoms with E-state index in [0.29, 0.717) is 24.4 Å². The number of hydrogen-bond acceptors (Lipinski definition) is 3. The van der Waals surface area contributed by atoms with Gasteiger partial charge in [-0.2, -0.15) is 0 Å². The topological polar surface area (TPSA) is 52.7 Å². The van der Waals surface area contributed by atoms with Gasteiger partial charge in [0.1, 0.15) is 0 Å². The van der Waals surface area contributed by atoms with Gasteiger partial charge < -0.3 is 10.2 Å². The van der Waals surface area contributed by atoms with E-state index in [-0.39, 0.29) is 5.91 Å². The van der Waals surface area contributed by atoms with Crippen molar-refractivity contribution in [1.82, 2.24) is 15.1 Å². The fraction of sp³-hybridized carbons (Fsp3) is 0.889. The van der Waals surface area contributed by atoms with Crippen LogP contribution in [0.3, 0.4) is 0 Å². The van der Waals surface area contributed by atoms with Gasteiger partial charge >= 0.3 is 0 Å². The average molecular weight is 319 g/mol. The van der Waals surface area contributed by atoms with Crippen LogP contribution >= 0.6 is 0 Å². The molecule has 2 bridgehead atoms. The van der Waals surface area contributed by atoms with E-state index in [2.05, 4.69) is 10.2 Å². The Morgan fingerprint density at radius 2 is 1.74 bits per heavy atom. The van der Waals surface area contributed by atoms with E-state index < -0.39 is 0 Å². The smallest absolute Gasteiger partial charge is 0.234 e. The van der Waals surface area contributed by atoms with Gasteiger partial charge in [0.2, 0.25) is 11.8 Å². The third kappa shape index (κ3) is 3.70. The minimum atomic E-state index is 0.147. The third-order valence-electron chi connectivity index (χ3n) is 6.36. The number of hydrogen-bond donors (Lipinski definition) is 1. The molecular formula is C18H29N3O2. The number of carbonyl (C=O) groups is 2. The van der Waals surface area contributed by atoms with E-state index >= 15 is 0 Å². The van der Waals surface area contributed by atoms with Crippen LogP contribution in [0.1, 0.15) is 44.9 Å². The summed E-state index contributed by atoms with van der Waals surface area (Å²) in [7, 11) is 0. The van der Waals surface area contributed by atoms with Crippen LogP contribution in [0.15, 0.2) is 0 Å². The molecule has 0 aromatic carbocycles. The number of nitrogens with one attached hydrogen (secondary N) is 1. The van der Waals surface area contributed by atoms with Gasteiger partial charge in [-0.05, 0) is 49.9 Å². The second-order valence-corrected chi connectivity index (χ2v) is 8.14. The highest BCUT2D eigenvalue weighted by Crippen LogP contribution is 2.49. The Balaban J connectivity index is 1.18. The molecule has 3 saturated carbocycles. The molecule has 4 rings (SSSR count). The molecule has 128 valence electrons. The molecular weight excluding hydrogens is 290 g/mol. The van der Waals surface area contributed by atoms with Gasteiger partial charge in [0, 0.05) is 38.6 Å². The van der Waals surface area contributed by atoms with Crippen LogP contribution in [-0.2, 0) is 9.59 Å². The molecule has 4 aliphatic rings. The Hall–Kier alpha value is -1.10. The fourth-order valence-corrected chi connectivity index (χ4v) is 4.84. The lowest BCUT2D eigenvalue weighted by molar-refractivity contribution is -0.134. The van der Waals surface area contributed by atoms with E-state index in [9.17, 15) is 9.59 Å². The second kappa shape index (κ2) is 6.42. The predicted octanol–water partition coefficient (Wildman–Crippen LogP) is 1.24. The highest BCUT2D eigenvalue weighted by atomic mass is 16.2. The van der Waals surface area contributed by atoms with Crippen LogP contribution in [0, 0.1) is 17.8 Å². The molecule has 3 aliphatic carbocycles. The summed E-state index contributed by atoms with van der Waals surface area (Å²) in [5.41, 5.74) is 0. The van der Waals surface area contributed by atoms with Crippen molar-refractivity contribution in [3.63, 3.8) is 0 Å². The van der Waals surface area contributed by atoms with Gasteiger partial charge in [0.15, 0.2) is 0 Å². The summed E-state index contributed by atoms with van der Waals surface area (Å²) in [6, 6.07) is 0.437. The zero-order valence-corrected chi connectivity index (χ0v) is 14.0. The first-order valence-electron chi connectivity index (χ1n) is 9.47. The lowest BCUT2D eigenvalue weighted by Crippen LogP contribution is -2.51. The molecule has 1 aliphatic heterocycles. The van der Waals surface area contributed by atoms with Gasteiger partial charge in [0.05, 0.1) is 6.54 Å². The predicted molar refractivity (Wildman–Crippen MR) is 87.7 cm³/mol. The van der Waals surface area contributed by atoms with E-state index in [1.54, 1.807) is 0 Å².